The molecule has 1 aromatic rings. The summed E-state index contributed by atoms with van der Waals surface area (Å²) in [5.74, 6) is -2.82. The quantitative estimate of drug-likeness (QED) is 0.562. The van der Waals surface area contributed by atoms with Gasteiger partial charge in [0.15, 0.2) is 0 Å². The summed E-state index contributed by atoms with van der Waals surface area (Å²) in [6.45, 7) is 0. The molecule has 0 amide bonds. The molecule has 0 radical (unpaired) electrons. The maximum Gasteiger partial charge on any atom is 0.329 e. The van der Waals surface area contributed by atoms with E-state index < -0.39 is 46.0 Å². The second kappa shape index (κ2) is 4.43. The molecule has 0 atom stereocenters. The summed E-state index contributed by atoms with van der Waals surface area (Å²) in [6, 6.07) is 0.623. The third kappa shape index (κ3) is 3.83. The van der Waals surface area contributed by atoms with Crippen LogP contribution >= 0.6 is 7.60 Å². The highest BCUT2D eigenvalue weighted by molar-refractivity contribution is 7.86. The number of hydrogen-bond donors (Lipinski definition) is 3. The Morgan fingerprint density at radius 1 is 1.24 bits per heavy atom. The van der Waals surface area contributed by atoms with Crippen molar-refractivity contribution in [3.63, 3.8) is 0 Å². The van der Waals surface area contributed by atoms with Gasteiger partial charge in [-0.05, 0) is 11.6 Å². The van der Waals surface area contributed by atoms with Gasteiger partial charge in [-0.3, -0.25) is 9.12 Å². The molecule has 0 bridgehead atoms. The van der Waals surface area contributed by atoms with Crippen LogP contribution in [0.15, 0.2) is 17.0 Å². The molecular formula is C7H7F2O6PS. The molecule has 6 nitrogen and oxygen atoms in total. The Morgan fingerprint density at radius 2 is 1.76 bits per heavy atom. The maximum atomic E-state index is 13.1. The molecule has 0 aliphatic carbocycles. The summed E-state index contributed by atoms with van der Waals surface area (Å²) < 4.78 is 66.9. The number of rotatable bonds is 3. The van der Waals surface area contributed by atoms with Gasteiger partial charge in [0.25, 0.3) is 10.1 Å². The fourth-order valence-corrected chi connectivity index (χ4v) is 2.81. The van der Waals surface area contributed by atoms with Crippen LogP contribution in [0, 0.1) is 11.6 Å². The summed E-state index contributed by atoms with van der Waals surface area (Å²) in [4.78, 5) is 15.9. The van der Waals surface area contributed by atoms with E-state index in [0.717, 1.165) is 0 Å². The van der Waals surface area contributed by atoms with E-state index in [4.69, 9.17) is 14.3 Å². The lowest BCUT2D eigenvalue weighted by Gasteiger charge is -2.09. The SMILES string of the molecule is O=P(O)(O)Cc1cc(F)cc(F)c1S(=O)(=O)O. The Kier molecular flexibility index (Phi) is 3.70. The van der Waals surface area contributed by atoms with Gasteiger partial charge in [0.2, 0.25) is 0 Å². The molecule has 17 heavy (non-hydrogen) atoms. The molecule has 96 valence electrons. The minimum absolute atomic E-state index is 0.187. The first-order chi connectivity index (χ1) is 7.50. The van der Waals surface area contributed by atoms with Gasteiger partial charge in [0.1, 0.15) is 16.5 Å². The van der Waals surface area contributed by atoms with Crippen LogP contribution < -0.4 is 0 Å². The average Bonchev–Trinajstić information content (AvgIpc) is 1.94. The van der Waals surface area contributed by atoms with Crippen molar-refractivity contribution in [2.24, 2.45) is 0 Å². The third-order valence-corrected chi connectivity index (χ3v) is 3.45. The van der Waals surface area contributed by atoms with Crippen molar-refractivity contribution >= 4 is 17.7 Å². The Labute approximate surface area is 94.8 Å². The minimum atomic E-state index is -5.04. The highest BCUT2D eigenvalue weighted by Crippen LogP contribution is 2.41. The lowest BCUT2D eigenvalue weighted by atomic mass is 10.2. The highest BCUT2D eigenvalue weighted by atomic mass is 32.2. The zero-order valence-electron chi connectivity index (χ0n) is 8.04. The normalized spacial score (nSPS) is 12.8. The Hall–Kier alpha value is -0.860. The molecule has 0 spiro atoms. The molecule has 0 aliphatic heterocycles. The van der Waals surface area contributed by atoms with Gasteiger partial charge in [-0.15, -0.1) is 0 Å². The molecule has 0 fully saturated rings. The third-order valence-electron chi connectivity index (χ3n) is 1.72. The lowest BCUT2D eigenvalue weighted by Crippen LogP contribution is -2.07. The Bertz CT molecular complexity index is 593. The first-order valence-electron chi connectivity index (χ1n) is 4.01. The van der Waals surface area contributed by atoms with Crippen LogP contribution in [0.2, 0.25) is 0 Å². The van der Waals surface area contributed by atoms with Gasteiger partial charge >= 0.3 is 7.60 Å². The van der Waals surface area contributed by atoms with Crippen LogP contribution in [-0.2, 0) is 20.8 Å². The van der Waals surface area contributed by atoms with Crippen LogP contribution in [0.4, 0.5) is 8.78 Å². The summed E-state index contributed by atoms with van der Waals surface area (Å²) in [5, 5.41) is 0. The van der Waals surface area contributed by atoms with Gasteiger partial charge in [-0.1, -0.05) is 0 Å². The molecule has 10 heteroatoms. The van der Waals surface area contributed by atoms with Crippen LogP contribution in [0.3, 0.4) is 0 Å². The van der Waals surface area contributed by atoms with Crippen LogP contribution in [-0.4, -0.2) is 22.8 Å². The van der Waals surface area contributed by atoms with E-state index in [9.17, 15) is 21.8 Å². The zero-order chi connectivity index (χ0) is 13.4. The van der Waals surface area contributed by atoms with Crippen LogP contribution in [0.25, 0.3) is 0 Å². The molecule has 1 aromatic carbocycles. The van der Waals surface area contributed by atoms with E-state index in [2.05, 4.69) is 0 Å². The smallest absolute Gasteiger partial charge is 0.324 e. The first kappa shape index (κ1) is 14.2. The molecular weight excluding hydrogens is 281 g/mol. The summed E-state index contributed by atoms with van der Waals surface area (Å²) in [7, 11) is -9.77. The van der Waals surface area contributed by atoms with E-state index in [1.807, 2.05) is 0 Å². The molecule has 3 N–H and O–H groups in total. The van der Waals surface area contributed by atoms with Crippen molar-refractivity contribution in [3.05, 3.63) is 29.3 Å². The molecule has 0 heterocycles. The van der Waals surface area contributed by atoms with Gasteiger partial charge in [-0.2, -0.15) is 8.42 Å². The van der Waals surface area contributed by atoms with Gasteiger partial charge < -0.3 is 9.79 Å². The molecule has 0 aliphatic rings. The lowest BCUT2D eigenvalue weighted by molar-refractivity contribution is 0.371. The predicted molar refractivity (Wildman–Crippen MR) is 51.9 cm³/mol. The summed E-state index contributed by atoms with van der Waals surface area (Å²) in [6.07, 6.45) is -1.20. The van der Waals surface area contributed by atoms with Crippen molar-refractivity contribution in [3.8, 4) is 0 Å². The molecule has 0 saturated heterocycles. The van der Waals surface area contributed by atoms with E-state index in [1.54, 1.807) is 0 Å². The van der Waals surface area contributed by atoms with Crippen molar-refractivity contribution in [2.75, 3.05) is 0 Å². The minimum Gasteiger partial charge on any atom is -0.324 e. The van der Waals surface area contributed by atoms with Gasteiger partial charge in [-0.25, -0.2) is 8.78 Å². The zero-order valence-corrected chi connectivity index (χ0v) is 9.75. The molecule has 0 aromatic heterocycles. The van der Waals surface area contributed by atoms with Crippen molar-refractivity contribution in [2.45, 2.75) is 11.1 Å². The van der Waals surface area contributed by atoms with Crippen molar-refractivity contribution in [1.82, 2.24) is 0 Å². The predicted octanol–water partition coefficient (Wildman–Crippen LogP) is 0.889. The van der Waals surface area contributed by atoms with Crippen molar-refractivity contribution < 1.29 is 36.1 Å². The maximum absolute atomic E-state index is 13.1. The Morgan fingerprint density at radius 3 is 2.18 bits per heavy atom. The molecule has 0 saturated carbocycles. The van der Waals surface area contributed by atoms with Crippen LogP contribution in [0.1, 0.15) is 5.56 Å². The summed E-state index contributed by atoms with van der Waals surface area (Å²) in [5.41, 5.74) is -0.821. The number of halogens is 2. The monoisotopic (exact) mass is 288 g/mol. The highest BCUT2D eigenvalue weighted by Gasteiger charge is 2.26. The first-order valence-corrected chi connectivity index (χ1v) is 7.24. The topological polar surface area (TPSA) is 112 Å². The Balaban J connectivity index is 3.53. The second-order valence-electron chi connectivity index (χ2n) is 3.17. The largest absolute Gasteiger partial charge is 0.329 e. The average molecular weight is 288 g/mol. The second-order valence-corrected chi connectivity index (χ2v) is 6.18. The molecule has 1 rings (SSSR count). The van der Waals surface area contributed by atoms with E-state index in [-0.39, 0.29) is 6.07 Å². The van der Waals surface area contributed by atoms with Gasteiger partial charge in [0, 0.05) is 6.07 Å². The fraction of sp³-hybridized carbons (Fsp3) is 0.143. The van der Waals surface area contributed by atoms with Gasteiger partial charge in [0.05, 0.1) is 6.16 Å². The van der Waals surface area contributed by atoms with E-state index in [1.165, 1.54) is 0 Å². The molecule has 0 unspecified atom stereocenters. The number of benzene rings is 1. The van der Waals surface area contributed by atoms with Crippen LogP contribution in [0.5, 0.6) is 0 Å². The number of hydrogen-bond acceptors (Lipinski definition) is 3. The van der Waals surface area contributed by atoms with E-state index in [0.29, 0.717) is 6.07 Å². The van der Waals surface area contributed by atoms with Crippen molar-refractivity contribution in [1.29, 1.82) is 0 Å². The summed E-state index contributed by atoms with van der Waals surface area (Å²) >= 11 is 0. The fourth-order valence-electron chi connectivity index (χ4n) is 1.24. The standard InChI is InChI=1S/C7H7F2O6PS/c8-5-1-4(3-16(10,11)12)7(6(9)2-5)17(13,14)15/h1-2H,3H2,(H2,10,11,12)(H,13,14,15). The van der Waals surface area contributed by atoms with E-state index >= 15 is 0 Å².